The van der Waals surface area contributed by atoms with Crippen LogP contribution in [0.1, 0.15) is 77.3 Å². The first-order valence-corrected chi connectivity index (χ1v) is 11.8. The van der Waals surface area contributed by atoms with Crippen LogP contribution in [0.4, 0.5) is 4.79 Å². The lowest BCUT2D eigenvalue weighted by Gasteiger charge is -2.28. The number of methoxy groups -OCH3 is 1. The summed E-state index contributed by atoms with van der Waals surface area (Å²) in [5.41, 5.74) is 1.48. The number of carbonyl (C=O) groups is 3. The minimum atomic E-state index is -0.831. The second-order valence-corrected chi connectivity index (χ2v) is 10.2. The van der Waals surface area contributed by atoms with Crippen LogP contribution in [-0.4, -0.2) is 43.4 Å². The number of alkyl carbamates (subject to hydrolysis) is 1. The lowest BCUT2D eigenvalue weighted by Crippen LogP contribution is -2.45. The summed E-state index contributed by atoms with van der Waals surface area (Å²) < 4.78 is 15.5. The Hall–Kier alpha value is -2.57. The van der Waals surface area contributed by atoms with Crippen molar-refractivity contribution in [2.45, 2.75) is 84.3 Å². The van der Waals surface area contributed by atoms with Crippen molar-refractivity contribution in [3.63, 3.8) is 0 Å². The summed E-state index contributed by atoms with van der Waals surface area (Å²) in [5, 5.41) is 2.60. The molecule has 0 saturated heterocycles. The van der Waals surface area contributed by atoms with E-state index in [0.29, 0.717) is 24.9 Å². The Labute approximate surface area is 197 Å². The normalized spacial score (nSPS) is 19.5. The zero-order chi connectivity index (χ0) is 24.6. The van der Waals surface area contributed by atoms with Gasteiger partial charge in [-0.2, -0.15) is 0 Å². The molecule has 0 aromatic heterocycles. The largest absolute Gasteiger partial charge is 0.467 e. The van der Waals surface area contributed by atoms with Crippen molar-refractivity contribution in [3.05, 3.63) is 35.4 Å². The average Bonchev–Trinajstić information content (AvgIpc) is 2.75. The SMILES string of the molecule is COC(=O)[C@H](Cc1ccc(C2CCC(C(=O)OCC(C)C)CC2)cc1)NC(=O)OC(C)(C)C. The van der Waals surface area contributed by atoms with Crippen molar-refractivity contribution in [1.82, 2.24) is 5.32 Å². The van der Waals surface area contributed by atoms with E-state index in [1.54, 1.807) is 20.8 Å². The van der Waals surface area contributed by atoms with Gasteiger partial charge in [0.2, 0.25) is 0 Å². The summed E-state index contributed by atoms with van der Waals surface area (Å²) in [6.45, 7) is 9.85. The van der Waals surface area contributed by atoms with Gasteiger partial charge in [-0.15, -0.1) is 0 Å². The lowest BCUT2D eigenvalue weighted by atomic mass is 9.78. The Bertz CT molecular complexity index is 788. The third-order valence-corrected chi connectivity index (χ3v) is 5.69. The van der Waals surface area contributed by atoms with Gasteiger partial charge >= 0.3 is 18.0 Å². The predicted octanol–water partition coefficient (Wildman–Crippen LogP) is 4.77. The van der Waals surface area contributed by atoms with Gasteiger partial charge in [0.15, 0.2) is 0 Å². The summed E-state index contributed by atoms with van der Waals surface area (Å²) >= 11 is 0. The number of benzene rings is 1. The van der Waals surface area contributed by atoms with Crippen LogP contribution in [0.2, 0.25) is 0 Å². The molecule has 1 aromatic rings. The van der Waals surface area contributed by atoms with Gasteiger partial charge in [0.05, 0.1) is 19.6 Å². The second kappa shape index (κ2) is 12.1. The van der Waals surface area contributed by atoms with Crippen molar-refractivity contribution in [1.29, 1.82) is 0 Å². The maximum atomic E-state index is 12.2. The minimum absolute atomic E-state index is 0.000911. The standard InChI is InChI=1S/C26H39NO6/c1-17(2)16-32-23(28)21-13-11-20(12-14-21)19-9-7-18(8-10-19)15-22(24(29)31-6)27-25(30)33-26(3,4)5/h7-10,17,20-22H,11-16H2,1-6H3,(H,27,30)/t20?,21?,22-/m0/s1. The van der Waals surface area contributed by atoms with E-state index in [4.69, 9.17) is 14.2 Å². The minimum Gasteiger partial charge on any atom is -0.467 e. The van der Waals surface area contributed by atoms with Crippen LogP contribution >= 0.6 is 0 Å². The van der Waals surface area contributed by atoms with Crippen LogP contribution in [0.25, 0.3) is 0 Å². The molecule has 1 saturated carbocycles. The molecule has 1 amide bonds. The molecule has 0 unspecified atom stereocenters. The van der Waals surface area contributed by atoms with Crippen molar-refractivity contribution in [2.24, 2.45) is 11.8 Å². The summed E-state index contributed by atoms with van der Waals surface area (Å²) in [6, 6.07) is 7.26. The summed E-state index contributed by atoms with van der Waals surface area (Å²) in [5.74, 6) is 0.168. The third kappa shape index (κ3) is 9.06. The first kappa shape index (κ1) is 26.7. The molecule has 0 bridgehead atoms. The maximum absolute atomic E-state index is 12.2. The molecular weight excluding hydrogens is 422 g/mol. The molecule has 0 spiro atoms. The fourth-order valence-corrected chi connectivity index (χ4v) is 3.98. The van der Waals surface area contributed by atoms with Gasteiger partial charge in [0, 0.05) is 6.42 Å². The van der Waals surface area contributed by atoms with Gasteiger partial charge in [-0.3, -0.25) is 4.79 Å². The van der Waals surface area contributed by atoms with E-state index >= 15 is 0 Å². The highest BCUT2D eigenvalue weighted by Crippen LogP contribution is 2.36. The van der Waals surface area contributed by atoms with E-state index in [1.807, 2.05) is 26.0 Å². The molecule has 7 heteroatoms. The molecule has 1 fully saturated rings. The number of amides is 1. The number of hydrogen-bond acceptors (Lipinski definition) is 6. The lowest BCUT2D eigenvalue weighted by molar-refractivity contribution is -0.150. The molecule has 1 aromatic carbocycles. The summed E-state index contributed by atoms with van der Waals surface area (Å²) in [4.78, 5) is 36.5. The zero-order valence-electron chi connectivity index (χ0n) is 20.8. The Morgan fingerprint density at radius 3 is 2.15 bits per heavy atom. The third-order valence-electron chi connectivity index (χ3n) is 5.69. The fraction of sp³-hybridized carbons (Fsp3) is 0.654. The van der Waals surface area contributed by atoms with Crippen molar-refractivity contribution in [3.8, 4) is 0 Å². The Morgan fingerprint density at radius 2 is 1.64 bits per heavy atom. The molecule has 2 rings (SSSR count). The molecule has 33 heavy (non-hydrogen) atoms. The van der Waals surface area contributed by atoms with Crippen LogP contribution < -0.4 is 5.32 Å². The zero-order valence-corrected chi connectivity index (χ0v) is 20.8. The number of hydrogen-bond donors (Lipinski definition) is 1. The van der Waals surface area contributed by atoms with Crippen LogP contribution in [-0.2, 0) is 30.2 Å². The highest BCUT2D eigenvalue weighted by atomic mass is 16.6. The monoisotopic (exact) mass is 461 g/mol. The van der Waals surface area contributed by atoms with E-state index < -0.39 is 23.7 Å². The van der Waals surface area contributed by atoms with Gasteiger partial charge < -0.3 is 19.5 Å². The fourth-order valence-electron chi connectivity index (χ4n) is 3.98. The molecular formula is C26H39NO6. The molecule has 0 aliphatic heterocycles. The van der Waals surface area contributed by atoms with E-state index in [0.717, 1.165) is 31.2 Å². The van der Waals surface area contributed by atoms with Crippen LogP contribution in [0.5, 0.6) is 0 Å². The number of esters is 2. The topological polar surface area (TPSA) is 90.9 Å². The smallest absolute Gasteiger partial charge is 0.408 e. The van der Waals surface area contributed by atoms with Gasteiger partial charge in [-0.25, -0.2) is 9.59 Å². The molecule has 7 nitrogen and oxygen atoms in total. The van der Waals surface area contributed by atoms with Gasteiger partial charge in [-0.1, -0.05) is 38.1 Å². The Morgan fingerprint density at radius 1 is 1.03 bits per heavy atom. The van der Waals surface area contributed by atoms with Gasteiger partial charge in [0.25, 0.3) is 0 Å². The van der Waals surface area contributed by atoms with Crippen molar-refractivity contribution in [2.75, 3.05) is 13.7 Å². The van der Waals surface area contributed by atoms with E-state index in [-0.39, 0.29) is 11.9 Å². The highest BCUT2D eigenvalue weighted by molar-refractivity contribution is 5.81. The number of carbonyl (C=O) groups excluding carboxylic acids is 3. The molecule has 184 valence electrons. The van der Waals surface area contributed by atoms with Crippen molar-refractivity contribution >= 4 is 18.0 Å². The Balaban J connectivity index is 1.92. The molecule has 1 atom stereocenters. The van der Waals surface area contributed by atoms with Crippen molar-refractivity contribution < 1.29 is 28.6 Å². The van der Waals surface area contributed by atoms with Gasteiger partial charge in [0.1, 0.15) is 11.6 Å². The number of nitrogens with one attached hydrogen (secondary N) is 1. The molecule has 0 heterocycles. The molecule has 0 radical (unpaired) electrons. The quantitative estimate of drug-likeness (QED) is 0.443. The van der Waals surface area contributed by atoms with Crippen LogP contribution in [0.3, 0.4) is 0 Å². The average molecular weight is 462 g/mol. The van der Waals surface area contributed by atoms with E-state index in [9.17, 15) is 14.4 Å². The number of ether oxygens (including phenoxy) is 3. The molecule has 1 aliphatic rings. The van der Waals surface area contributed by atoms with Gasteiger partial charge in [-0.05, 0) is 69.4 Å². The Kier molecular flexibility index (Phi) is 9.74. The first-order valence-electron chi connectivity index (χ1n) is 11.8. The number of rotatable bonds is 8. The van der Waals surface area contributed by atoms with Crippen LogP contribution in [0.15, 0.2) is 24.3 Å². The van der Waals surface area contributed by atoms with Crippen LogP contribution in [0, 0.1) is 11.8 Å². The van der Waals surface area contributed by atoms with E-state index in [2.05, 4.69) is 17.4 Å². The molecule has 1 aliphatic carbocycles. The first-order chi connectivity index (χ1) is 15.5. The second-order valence-electron chi connectivity index (χ2n) is 10.2. The predicted molar refractivity (Wildman–Crippen MR) is 126 cm³/mol. The summed E-state index contributed by atoms with van der Waals surface area (Å²) in [7, 11) is 1.30. The summed E-state index contributed by atoms with van der Waals surface area (Å²) in [6.07, 6.45) is 3.23. The molecule has 1 N–H and O–H groups in total. The highest BCUT2D eigenvalue weighted by Gasteiger charge is 2.29. The van der Waals surface area contributed by atoms with E-state index in [1.165, 1.54) is 12.7 Å². The maximum Gasteiger partial charge on any atom is 0.408 e.